The molecule has 2 amide bonds. The van der Waals surface area contributed by atoms with Gasteiger partial charge in [0.05, 0.1) is 5.60 Å². The Morgan fingerprint density at radius 2 is 1.61 bits per heavy atom. The molecule has 134 valence electrons. The van der Waals surface area contributed by atoms with Crippen LogP contribution in [0.1, 0.15) is 61.3 Å². The van der Waals surface area contributed by atoms with Crippen molar-refractivity contribution in [2.45, 2.75) is 78.0 Å². The molecule has 0 aromatic carbocycles. The lowest BCUT2D eigenvalue weighted by Gasteiger charge is -2.39. The first-order chi connectivity index (χ1) is 10.3. The van der Waals surface area contributed by atoms with E-state index in [4.69, 9.17) is 9.47 Å². The Bertz CT molecular complexity index is 427. The fourth-order valence-electron chi connectivity index (χ4n) is 2.33. The number of amides is 2. The van der Waals surface area contributed by atoms with Crippen LogP contribution in [0.2, 0.25) is 0 Å². The van der Waals surface area contributed by atoms with E-state index in [-0.39, 0.29) is 29.7 Å². The summed E-state index contributed by atoms with van der Waals surface area (Å²) in [5.74, 6) is -0.117. The van der Waals surface area contributed by atoms with Crippen LogP contribution in [-0.4, -0.2) is 53.3 Å². The summed E-state index contributed by atoms with van der Waals surface area (Å²) in [6, 6.07) is 0. The number of nitrogens with one attached hydrogen (secondary N) is 1. The molecular formula is C17H32N2O4. The fourth-order valence-corrected chi connectivity index (χ4v) is 2.33. The van der Waals surface area contributed by atoms with Gasteiger partial charge in [-0.25, -0.2) is 4.79 Å². The number of piperidine rings is 1. The van der Waals surface area contributed by atoms with Crippen LogP contribution in [0.4, 0.5) is 4.79 Å². The summed E-state index contributed by atoms with van der Waals surface area (Å²) in [5.41, 5.74) is -1.13. The van der Waals surface area contributed by atoms with E-state index >= 15 is 0 Å². The van der Waals surface area contributed by atoms with Crippen LogP contribution in [0.5, 0.6) is 0 Å². The van der Waals surface area contributed by atoms with Crippen molar-refractivity contribution in [2.24, 2.45) is 0 Å². The molecule has 1 saturated heterocycles. The molecule has 0 bridgehead atoms. The van der Waals surface area contributed by atoms with Crippen LogP contribution < -0.4 is 5.32 Å². The van der Waals surface area contributed by atoms with Crippen LogP contribution in [0.3, 0.4) is 0 Å². The van der Waals surface area contributed by atoms with Crippen LogP contribution in [0.25, 0.3) is 0 Å². The van der Waals surface area contributed by atoms with E-state index in [2.05, 4.69) is 5.32 Å². The van der Waals surface area contributed by atoms with E-state index in [0.717, 1.165) is 0 Å². The van der Waals surface area contributed by atoms with Gasteiger partial charge < -0.3 is 19.7 Å². The maximum absolute atomic E-state index is 12.0. The third kappa shape index (κ3) is 7.68. The zero-order valence-electron chi connectivity index (χ0n) is 15.6. The van der Waals surface area contributed by atoms with Crippen molar-refractivity contribution in [3.05, 3.63) is 0 Å². The summed E-state index contributed by atoms with van der Waals surface area (Å²) < 4.78 is 11.2. The summed E-state index contributed by atoms with van der Waals surface area (Å²) in [6.45, 7) is 14.6. The van der Waals surface area contributed by atoms with Crippen molar-refractivity contribution in [3.8, 4) is 0 Å². The quantitative estimate of drug-likeness (QED) is 0.865. The molecule has 0 aromatic rings. The Balaban J connectivity index is 2.42. The van der Waals surface area contributed by atoms with E-state index in [1.165, 1.54) is 0 Å². The maximum atomic E-state index is 12.0. The second-order valence-corrected chi connectivity index (χ2v) is 8.50. The minimum absolute atomic E-state index is 0.0419. The number of hydrogen-bond acceptors (Lipinski definition) is 4. The van der Waals surface area contributed by atoms with E-state index < -0.39 is 5.60 Å². The lowest BCUT2D eigenvalue weighted by atomic mass is 9.93. The van der Waals surface area contributed by atoms with Gasteiger partial charge in [-0.3, -0.25) is 4.79 Å². The van der Waals surface area contributed by atoms with Gasteiger partial charge in [-0.2, -0.15) is 0 Å². The lowest BCUT2D eigenvalue weighted by Crippen LogP contribution is -2.49. The highest BCUT2D eigenvalue weighted by Gasteiger charge is 2.34. The Morgan fingerprint density at radius 3 is 2.04 bits per heavy atom. The third-order valence-corrected chi connectivity index (χ3v) is 3.54. The fraction of sp³-hybridized carbons (Fsp3) is 0.882. The minimum atomic E-state index is -0.487. The summed E-state index contributed by atoms with van der Waals surface area (Å²) in [6.07, 6.45) is 1.09. The minimum Gasteiger partial charge on any atom is -0.444 e. The number of likely N-dealkylation sites (tertiary alicyclic amines) is 1. The molecule has 0 spiro atoms. The normalized spacial score (nSPS) is 18.5. The molecule has 6 heteroatoms. The predicted molar refractivity (Wildman–Crippen MR) is 89.3 cm³/mol. The topological polar surface area (TPSA) is 67.9 Å². The molecule has 1 fully saturated rings. The van der Waals surface area contributed by atoms with Crippen molar-refractivity contribution in [3.63, 3.8) is 0 Å². The maximum Gasteiger partial charge on any atom is 0.410 e. The third-order valence-electron chi connectivity index (χ3n) is 3.54. The highest BCUT2D eigenvalue weighted by atomic mass is 16.6. The highest BCUT2D eigenvalue weighted by Crippen LogP contribution is 2.26. The molecule has 0 radical (unpaired) electrons. The second kappa shape index (κ2) is 7.07. The highest BCUT2D eigenvalue weighted by molar-refractivity contribution is 5.77. The van der Waals surface area contributed by atoms with Crippen molar-refractivity contribution in [2.75, 3.05) is 19.7 Å². The molecule has 0 aliphatic carbocycles. The van der Waals surface area contributed by atoms with E-state index in [9.17, 15) is 9.59 Å². The monoisotopic (exact) mass is 328 g/mol. The Labute approximate surface area is 139 Å². The predicted octanol–water partition coefficient (Wildman–Crippen LogP) is 2.71. The van der Waals surface area contributed by atoms with E-state index in [1.54, 1.807) is 4.90 Å². The molecule has 1 heterocycles. The van der Waals surface area contributed by atoms with Crippen molar-refractivity contribution >= 4 is 12.0 Å². The molecule has 0 unspecified atom stereocenters. The number of ether oxygens (including phenoxy) is 2. The SMILES string of the molecule is CC(C)(C)NC(=O)COC1(C)CCN(C(=O)OC(C)(C)C)CC1. The van der Waals surface area contributed by atoms with E-state index in [0.29, 0.717) is 25.9 Å². The van der Waals surface area contributed by atoms with E-state index in [1.807, 2.05) is 48.5 Å². The molecular weight excluding hydrogens is 296 g/mol. The van der Waals surface area contributed by atoms with Gasteiger partial charge in [-0.05, 0) is 61.3 Å². The van der Waals surface area contributed by atoms with Gasteiger partial charge in [0.1, 0.15) is 12.2 Å². The summed E-state index contributed by atoms with van der Waals surface area (Å²) >= 11 is 0. The van der Waals surface area contributed by atoms with Gasteiger partial charge >= 0.3 is 6.09 Å². The van der Waals surface area contributed by atoms with Gasteiger partial charge in [0.2, 0.25) is 5.91 Å². The molecule has 1 aliphatic heterocycles. The molecule has 1 N–H and O–H groups in total. The first-order valence-electron chi connectivity index (χ1n) is 8.23. The molecule has 1 rings (SSSR count). The summed E-state index contributed by atoms with van der Waals surface area (Å²) in [7, 11) is 0. The zero-order chi connectivity index (χ0) is 17.9. The molecule has 23 heavy (non-hydrogen) atoms. The standard InChI is InChI=1S/C17H32N2O4/c1-15(2,3)18-13(20)12-22-17(7)8-10-19(11-9-17)14(21)23-16(4,5)6/h8-12H2,1-7H3,(H,18,20). The first-order valence-corrected chi connectivity index (χ1v) is 8.23. The molecule has 0 saturated carbocycles. The number of carbonyl (C=O) groups is 2. The molecule has 0 aromatic heterocycles. The van der Waals surface area contributed by atoms with Gasteiger partial charge in [0.15, 0.2) is 0 Å². The van der Waals surface area contributed by atoms with Crippen molar-refractivity contribution < 1.29 is 19.1 Å². The largest absolute Gasteiger partial charge is 0.444 e. The second-order valence-electron chi connectivity index (χ2n) is 8.50. The van der Waals surface area contributed by atoms with Crippen molar-refractivity contribution in [1.82, 2.24) is 10.2 Å². The first kappa shape index (κ1) is 19.7. The lowest BCUT2D eigenvalue weighted by molar-refractivity contribution is -0.137. The van der Waals surface area contributed by atoms with Crippen molar-refractivity contribution in [1.29, 1.82) is 0 Å². The number of carbonyl (C=O) groups excluding carboxylic acids is 2. The van der Waals surface area contributed by atoms with Crippen LogP contribution >= 0.6 is 0 Å². The van der Waals surface area contributed by atoms with Gasteiger partial charge in [-0.15, -0.1) is 0 Å². The Kier molecular flexibility index (Phi) is 6.07. The van der Waals surface area contributed by atoms with Crippen LogP contribution in [0, 0.1) is 0 Å². The number of hydrogen-bond donors (Lipinski definition) is 1. The van der Waals surface area contributed by atoms with Crippen LogP contribution in [0.15, 0.2) is 0 Å². The molecule has 0 atom stereocenters. The molecule has 6 nitrogen and oxygen atoms in total. The molecule has 1 aliphatic rings. The van der Waals surface area contributed by atoms with Gasteiger partial charge in [-0.1, -0.05) is 0 Å². The average Bonchev–Trinajstić information content (AvgIpc) is 2.33. The average molecular weight is 328 g/mol. The number of nitrogens with zero attached hydrogens (tertiary/aromatic N) is 1. The smallest absolute Gasteiger partial charge is 0.410 e. The Morgan fingerprint density at radius 1 is 1.09 bits per heavy atom. The summed E-state index contributed by atoms with van der Waals surface area (Å²) in [5, 5.41) is 2.88. The zero-order valence-corrected chi connectivity index (χ0v) is 15.6. The van der Waals surface area contributed by atoms with Crippen LogP contribution in [-0.2, 0) is 14.3 Å². The number of rotatable bonds is 3. The summed E-state index contributed by atoms with van der Waals surface area (Å²) in [4.78, 5) is 25.6. The van der Waals surface area contributed by atoms with Gasteiger partial charge in [0.25, 0.3) is 0 Å². The Hall–Kier alpha value is -1.30. The van der Waals surface area contributed by atoms with Gasteiger partial charge in [0, 0.05) is 18.6 Å².